The lowest BCUT2D eigenvalue weighted by molar-refractivity contribution is -0.151. The maximum atomic E-state index is 14.4. The fourth-order valence-corrected chi connectivity index (χ4v) is 10.5. The van der Waals surface area contributed by atoms with Crippen molar-refractivity contribution in [2.45, 2.75) is 164 Å². The van der Waals surface area contributed by atoms with E-state index in [1.807, 2.05) is 0 Å². The van der Waals surface area contributed by atoms with Crippen LogP contribution in [0.1, 0.15) is 95.7 Å². The molecule has 3 saturated heterocycles. The molecule has 0 radical (unpaired) electrons. The monoisotopic (exact) mass is 1280 g/mol. The third kappa shape index (κ3) is 21.2. The summed E-state index contributed by atoms with van der Waals surface area (Å²) >= 11 is 0. The Balaban J connectivity index is 1.23. The molecule has 0 aliphatic carbocycles. The van der Waals surface area contributed by atoms with Crippen LogP contribution in [-0.2, 0) is 89.6 Å². The van der Waals surface area contributed by atoms with Gasteiger partial charge in [0, 0.05) is 50.8 Å². The van der Waals surface area contributed by atoms with E-state index in [2.05, 4.69) is 52.5 Å². The summed E-state index contributed by atoms with van der Waals surface area (Å²) < 4.78 is 0. The smallest absolute Gasteiger partial charge is 0.326 e. The molecule has 496 valence electrons. The number of nitrogens with one attached hydrogen (secondary N) is 9. The standard InChI is InChI=1S/C55H77N17O19/c1-26(45(80)66-35(21-42(59)76)49(84)65-32(55(90)91)13-14-40(57)74)63-43(77)24-61-47(82)34(19-29-23-60-25-62-29)68-50(85)36(22-44(78)79)67-46(81)27(2)64-48(83)33(18-28-9-11-30(73)12-10-28)69-51(86)37-6-3-15-70(37)53(88)39-8-5-17-72(39)54(89)38-7-4-16-71(38)52(87)31(56)20-41(58)75/h9-12,23,25-27,31-39,73H,3-8,13-22,24,56H2,1-2H3,(H2,57,74)(H2,58,75)(H2,59,76)(H,60,62)(H,61,82)(H,63,77)(H,64,83)(H,65,84)(H,66,80)(H,67,81)(H,68,85)(H,69,86)(H,78,79)(H,90,91)/t26-,27-,31-,32-,33-,34-,35-,36-,37-,38-,39-/m0/s1. The van der Waals surface area contributed by atoms with Gasteiger partial charge in [0.1, 0.15) is 66.2 Å². The number of carbonyl (C=O) groups excluding carboxylic acids is 14. The van der Waals surface area contributed by atoms with Gasteiger partial charge in [-0.1, -0.05) is 12.1 Å². The van der Waals surface area contributed by atoms with Gasteiger partial charge in [-0.25, -0.2) is 9.78 Å². The summed E-state index contributed by atoms with van der Waals surface area (Å²) in [6.07, 6.45) is 0.611. The lowest BCUT2D eigenvalue weighted by Crippen LogP contribution is -2.60. The fourth-order valence-electron chi connectivity index (χ4n) is 10.5. The molecule has 0 saturated carbocycles. The average molecular weight is 1280 g/mol. The molecule has 0 bridgehead atoms. The second-order valence-corrected chi connectivity index (χ2v) is 22.2. The van der Waals surface area contributed by atoms with E-state index in [9.17, 15) is 92.0 Å². The summed E-state index contributed by atoms with van der Waals surface area (Å²) in [5.41, 5.74) is 22.1. The Kier molecular flexibility index (Phi) is 26.2. The van der Waals surface area contributed by atoms with E-state index < -0.39 is 200 Å². The van der Waals surface area contributed by atoms with Gasteiger partial charge in [-0.2, -0.15) is 0 Å². The molecule has 0 unspecified atom stereocenters. The Bertz CT molecular complexity index is 3070. The minimum atomic E-state index is -1.94. The number of carbonyl (C=O) groups is 16. The molecule has 1 aromatic carbocycles. The Morgan fingerprint density at radius 2 is 1.07 bits per heavy atom. The number of aliphatic carboxylic acids is 2. The van der Waals surface area contributed by atoms with Crippen LogP contribution in [0.15, 0.2) is 36.8 Å². The van der Waals surface area contributed by atoms with Gasteiger partial charge in [0.15, 0.2) is 0 Å². The molecule has 36 heteroatoms. The summed E-state index contributed by atoms with van der Waals surface area (Å²) in [7, 11) is 0. The number of rotatable bonds is 33. The van der Waals surface area contributed by atoms with Crippen LogP contribution in [0, 0.1) is 0 Å². The zero-order valence-electron chi connectivity index (χ0n) is 49.8. The average Bonchev–Trinajstić information content (AvgIpc) is 1.81. The van der Waals surface area contributed by atoms with E-state index >= 15 is 0 Å². The number of carboxylic acid groups (broad SMARTS) is 2. The number of primary amides is 3. The maximum Gasteiger partial charge on any atom is 0.326 e. The van der Waals surface area contributed by atoms with E-state index in [0.29, 0.717) is 24.8 Å². The van der Waals surface area contributed by atoms with Gasteiger partial charge < -0.3 is 100 Å². The largest absolute Gasteiger partial charge is 0.508 e. The van der Waals surface area contributed by atoms with Crippen molar-refractivity contribution < 1.29 is 92.0 Å². The lowest BCUT2D eigenvalue weighted by Gasteiger charge is -2.34. The SMILES string of the molecule is C[C@H](NC(=O)CNC(=O)[C@H](Cc1cnc[nH]1)NC(=O)[C@H](CC(=O)O)NC(=O)[C@H](C)NC(=O)[C@H](Cc1ccc(O)cc1)NC(=O)[C@@H]1CCCN1C(=O)[C@@H]1CCCN1C(=O)[C@@H]1CCCN1C(=O)[C@@H](N)CC(N)=O)C(=O)N[C@@H](CC(N)=O)C(=O)N[C@@H](CCC(N)=O)C(=O)O. The first-order valence-electron chi connectivity index (χ1n) is 29.0. The highest BCUT2D eigenvalue weighted by Gasteiger charge is 2.47. The van der Waals surface area contributed by atoms with Crippen LogP contribution in [0.5, 0.6) is 5.75 Å². The van der Waals surface area contributed by atoms with Gasteiger partial charge in [0.25, 0.3) is 0 Å². The first kappa shape index (κ1) is 71.5. The highest BCUT2D eigenvalue weighted by Crippen LogP contribution is 2.29. The molecule has 14 amide bonds. The predicted molar refractivity (Wildman–Crippen MR) is 310 cm³/mol. The number of H-pyrrole nitrogens is 1. The molecule has 3 aliphatic heterocycles. The number of likely N-dealkylation sites (tertiary alicyclic amines) is 3. The second kappa shape index (κ2) is 33.3. The van der Waals surface area contributed by atoms with Crippen LogP contribution in [0.2, 0.25) is 0 Å². The molecule has 3 aliphatic rings. The molecule has 5 rings (SSSR count). The number of nitrogens with zero attached hydrogens (tertiary/aromatic N) is 4. The highest BCUT2D eigenvalue weighted by molar-refractivity contribution is 6.00. The number of amides is 14. The molecule has 0 spiro atoms. The second-order valence-electron chi connectivity index (χ2n) is 22.2. The number of hydrogen-bond donors (Lipinski definition) is 16. The molecular weight excluding hydrogens is 1200 g/mol. The number of aromatic hydroxyl groups is 1. The van der Waals surface area contributed by atoms with E-state index in [1.165, 1.54) is 58.4 Å². The molecule has 91 heavy (non-hydrogen) atoms. The van der Waals surface area contributed by atoms with Crippen LogP contribution >= 0.6 is 0 Å². The molecule has 3 fully saturated rings. The third-order valence-corrected chi connectivity index (χ3v) is 15.1. The van der Waals surface area contributed by atoms with E-state index in [0.717, 1.165) is 6.92 Å². The van der Waals surface area contributed by atoms with E-state index in [4.69, 9.17) is 22.9 Å². The maximum absolute atomic E-state index is 14.4. The molecule has 2 aromatic rings. The zero-order chi connectivity index (χ0) is 67.4. The minimum Gasteiger partial charge on any atom is -0.508 e. The van der Waals surface area contributed by atoms with Crippen molar-refractivity contribution in [1.29, 1.82) is 0 Å². The van der Waals surface area contributed by atoms with Crippen molar-refractivity contribution in [2.24, 2.45) is 22.9 Å². The van der Waals surface area contributed by atoms with E-state index in [1.54, 1.807) is 0 Å². The number of aromatic amines is 1. The first-order chi connectivity index (χ1) is 42.9. The van der Waals surface area contributed by atoms with Crippen molar-refractivity contribution in [3.05, 3.63) is 48.0 Å². The lowest BCUT2D eigenvalue weighted by atomic mass is 10.0. The van der Waals surface area contributed by atoms with Crippen molar-refractivity contribution in [1.82, 2.24) is 67.2 Å². The Morgan fingerprint density at radius 1 is 0.571 bits per heavy atom. The van der Waals surface area contributed by atoms with Crippen molar-refractivity contribution in [3.8, 4) is 5.75 Å². The van der Waals surface area contributed by atoms with Crippen LogP contribution in [0.3, 0.4) is 0 Å². The number of nitrogens with two attached hydrogens (primary N) is 4. The summed E-state index contributed by atoms with van der Waals surface area (Å²) in [6.45, 7) is 1.92. The molecule has 1 aromatic heterocycles. The van der Waals surface area contributed by atoms with Gasteiger partial charge in [0.2, 0.25) is 82.7 Å². The zero-order valence-corrected chi connectivity index (χ0v) is 49.8. The molecular formula is C55H77N17O19. The number of benzene rings is 1. The van der Waals surface area contributed by atoms with Crippen LogP contribution in [0.25, 0.3) is 0 Å². The number of phenolic OH excluding ortho intramolecular Hbond substituents is 1. The summed E-state index contributed by atoms with van der Waals surface area (Å²) in [6, 6.07) is -10.3. The Hall–Kier alpha value is -10.3. The fraction of sp³-hybridized carbons (Fsp3) is 0.545. The highest BCUT2D eigenvalue weighted by atomic mass is 16.4. The summed E-state index contributed by atoms with van der Waals surface area (Å²) in [4.78, 5) is 219. The van der Waals surface area contributed by atoms with Gasteiger partial charge in [-0.3, -0.25) is 71.9 Å². The quantitative estimate of drug-likeness (QED) is 0.0316. The predicted octanol–water partition coefficient (Wildman–Crippen LogP) is -7.67. The van der Waals surface area contributed by atoms with Gasteiger partial charge in [-0.15, -0.1) is 0 Å². The van der Waals surface area contributed by atoms with Crippen LogP contribution in [0.4, 0.5) is 0 Å². The summed E-state index contributed by atoms with van der Waals surface area (Å²) in [5.74, 6) is -16.2. The van der Waals surface area contributed by atoms with Gasteiger partial charge in [0.05, 0.1) is 38.2 Å². The minimum absolute atomic E-state index is 0.107. The third-order valence-electron chi connectivity index (χ3n) is 15.1. The number of imidazole rings is 1. The molecule has 4 heterocycles. The number of phenols is 1. The topological polar surface area (TPSA) is 573 Å². The Labute approximate surface area is 519 Å². The molecule has 20 N–H and O–H groups in total. The van der Waals surface area contributed by atoms with Gasteiger partial charge >= 0.3 is 11.9 Å². The molecule has 36 nitrogen and oxygen atoms in total. The van der Waals surface area contributed by atoms with Gasteiger partial charge in [-0.05, 0) is 76.5 Å². The number of hydrogen-bond acceptors (Lipinski definition) is 19. The van der Waals surface area contributed by atoms with Crippen molar-refractivity contribution >= 4 is 94.6 Å². The van der Waals surface area contributed by atoms with Crippen molar-refractivity contribution in [2.75, 3.05) is 26.2 Å². The van der Waals surface area contributed by atoms with Crippen LogP contribution < -0.4 is 65.5 Å². The van der Waals surface area contributed by atoms with E-state index in [-0.39, 0.29) is 63.2 Å². The Morgan fingerprint density at radius 3 is 1.60 bits per heavy atom. The first-order valence-corrected chi connectivity index (χ1v) is 29.0. The van der Waals surface area contributed by atoms with Crippen LogP contribution in [-0.4, -0.2) is 227 Å². The number of carboxylic acids is 2. The number of aromatic nitrogens is 2. The normalized spacial score (nSPS) is 18.7. The summed E-state index contributed by atoms with van der Waals surface area (Å²) in [5, 5.41) is 47.7. The van der Waals surface area contributed by atoms with Crippen molar-refractivity contribution in [3.63, 3.8) is 0 Å². The molecule has 11 atom stereocenters.